The third kappa shape index (κ3) is 3.21. The average Bonchev–Trinajstić information content (AvgIpc) is 2.29. The van der Waals surface area contributed by atoms with E-state index < -0.39 is 0 Å². The first kappa shape index (κ1) is 12.4. The molecule has 1 aliphatic carbocycles. The lowest BCUT2D eigenvalue weighted by atomic mass is 9.91. The van der Waals surface area contributed by atoms with Crippen molar-refractivity contribution in [3.8, 4) is 0 Å². The smallest absolute Gasteiger partial charge is 0.0221 e. The van der Waals surface area contributed by atoms with Crippen LogP contribution in [0.15, 0.2) is 0 Å². The highest BCUT2D eigenvalue weighted by Gasteiger charge is 2.27. The fourth-order valence-electron chi connectivity index (χ4n) is 3.52. The van der Waals surface area contributed by atoms with Crippen LogP contribution >= 0.6 is 0 Å². The summed E-state index contributed by atoms with van der Waals surface area (Å²) < 4.78 is 0. The molecule has 1 atom stereocenters. The van der Waals surface area contributed by atoms with E-state index in [-0.39, 0.29) is 0 Å². The van der Waals surface area contributed by atoms with Gasteiger partial charge in [0.25, 0.3) is 0 Å². The predicted molar refractivity (Wildman–Crippen MR) is 69.5 cm³/mol. The van der Waals surface area contributed by atoms with Gasteiger partial charge in [0.2, 0.25) is 0 Å². The number of nitrogens with two attached hydrogens (primary N) is 1. The van der Waals surface area contributed by atoms with Crippen LogP contribution in [0.5, 0.6) is 0 Å². The number of rotatable bonds is 2. The van der Waals surface area contributed by atoms with Crippen LogP contribution in [0.3, 0.4) is 0 Å². The van der Waals surface area contributed by atoms with Gasteiger partial charge in [0.15, 0.2) is 0 Å². The van der Waals surface area contributed by atoms with Crippen LogP contribution in [0.1, 0.15) is 64.2 Å². The highest BCUT2D eigenvalue weighted by atomic mass is 15.2. The minimum atomic E-state index is 0.693. The molecule has 1 saturated heterocycles. The van der Waals surface area contributed by atoms with Crippen molar-refractivity contribution in [3.63, 3.8) is 0 Å². The maximum Gasteiger partial charge on any atom is 0.0221 e. The van der Waals surface area contributed by atoms with Gasteiger partial charge in [-0.2, -0.15) is 0 Å². The zero-order valence-electron chi connectivity index (χ0n) is 10.7. The maximum atomic E-state index is 5.93. The van der Waals surface area contributed by atoms with Crippen molar-refractivity contribution in [2.45, 2.75) is 76.3 Å². The highest BCUT2D eigenvalue weighted by Crippen LogP contribution is 2.27. The first-order valence-corrected chi connectivity index (χ1v) is 7.37. The van der Waals surface area contributed by atoms with Gasteiger partial charge in [0, 0.05) is 18.6 Å². The van der Waals surface area contributed by atoms with Crippen molar-refractivity contribution in [3.05, 3.63) is 0 Å². The van der Waals surface area contributed by atoms with E-state index in [1.807, 2.05) is 0 Å². The molecule has 2 heteroatoms. The van der Waals surface area contributed by atoms with E-state index in [4.69, 9.17) is 5.73 Å². The first-order chi connectivity index (χ1) is 7.92. The second-order valence-electron chi connectivity index (χ2n) is 5.62. The molecule has 2 rings (SSSR count). The van der Waals surface area contributed by atoms with E-state index >= 15 is 0 Å². The van der Waals surface area contributed by atoms with Gasteiger partial charge in [-0.3, -0.25) is 4.90 Å². The summed E-state index contributed by atoms with van der Waals surface area (Å²) in [6.07, 6.45) is 14.2. The molecule has 0 aromatic rings. The Kier molecular flexibility index (Phi) is 5.11. The van der Waals surface area contributed by atoms with Crippen molar-refractivity contribution < 1.29 is 0 Å². The molecule has 1 aliphatic heterocycles. The Morgan fingerprint density at radius 1 is 0.812 bits per heavy atom. The van der Waals surface area contributed by atoms with E-state index in [1.54, 1.807) is 0 Å². The lowest BCUT2D eigenvalue weighted by Gasteiger charge is -2.41. The molecule has 16 heavy (non-hydrogen) atoms. The monoisotopic (exact) mass is 224 g/mol. The lowest BCUT2D eigenvalue weighted by molar-refractivity contribution is 0.0827. The molecular formula is C14H28N2. The fraction of sp³-hybridized carbons (Fsp3) is 1.00. The standard InChI is InChI=1S/C14H28N2/c15-12-14-10-6-7-11-16(14)13-8-4-2-1-3-5-9-13/h13-14H,1-12,15H2. The number of hydrogen-bond donors (Lipinski definition) is 1. The third-order valence-corrected chi connectivity index (χ3v) is 4.49. The van der Waals surface area contributed by atoms with E-state index in [0.29, 0.717) is 6.04 Å². The van der Waals surface area contributed by atoms with Crippen molar-refractivity contribution in [1.29, 1.82) is 0 Å². The Hall–Kier alpha value is -0.0800. The third-order valence-electron chi connectivity index (χ3n) is 4.49. The average molecular weight is 224 g/mol. The van der Waals surface area contributed by atoms with Gasteiger partial charge in [0.1, 0.15) is 0 Å². The van der Waals surface area contributed by atoms with Gasteiger partial charge in [-0.25, -0.2) is 0 Å². The Balaban J connectivity index is 1.90. The van der Waals surface area contributed by atoms with Crippen LogP contribution in [0.25, 0.3) is 0 Å². The molecule has 0 spiro atoms. The molecule has 0 amide bonds. The molecule has 0 aromatic heterocycles. The minimum Gasteiger partial charge on any atom is -0.329 e. The molecule has 1 saturated carbocycles. The van der Waals surface area contributed by atoms with Crippen molar-refractivity contribution in [1.82, 2.24) is 4.90 Å². The summed E-state index contributed by atoms with van der Waals surface area (Å²) in [4.78, 5) is 2.76. The Labute approximate surface area is 101 Å². The Morgan fingerprint density at radius 2 is 1.44 bits per heavy atom. The quantitative estimate of drug-likeness (QED) is 0.781. The molecule has 0 bridgehead atoms. The summed E-state index contributed by atoms with van der Waals surface area (Å²) in [5.41, 5.74) is 5.93. The van der Waals surface area contributed by atoms with Gasteiger partial charge in [-0.1, -0.05) is 38.5 Å². The normalized spacial score (nSPS) is 30.9. The molecule has 2 fully saturated rings. The van der Waals surface area contributed by atoms with Crippen LogP contribution < -0.4 is 5.73 Å². The molecule has 0 radical (unpaired) electrons. The summed E-state index contributed by atoms with van der Waals surface area (Å²) in [7, 11) is 0. The highest BCUT2D eigenvalue weighted by molar-refractivity contribution is 4.84. The predicted octanol–water partition coefficient (Wildman–Crippen LogP) is 2.91. The van der Waals surface area contributed by atoms with Gasteiger partial charge in [-0.05, 0) is 32.2 Å². The van der Waals surface area contributed by atoms with Crippen LogP contribution in [0, 0.1) is 0 Å². The molecule has 2 aliphatic rings. The fourth-order valence-corrected chi connectivity index (χ4v) is 3.52. The van der Waals surface area contributed by atoms with Crippen LogP contribution in [-0.4, -0.2) is 30.1 Å². The van der Waals surface area contributed by atoms with E-state index in [1.165, 1.54) is 70.8 Å². The largest absolute Gasteiger partial charge is 0.329 e. The number of nitrogens with zero attached hydrogens (tertiary/aromatic N) is 1. The summed E-state index contributed by atoms with van der Waals surface area (Å²) in [6, 6.07) is 1.55. The second-order valence-corrected chi connectivity index (χ2v) is 5.62. The Morgan fingerprint density at radius 3 is 2.12 bits per heavy atom. The summed E-state index contributed by atoms with van der Waals surface area (Å²) >= 11 is 0. The molecule has 0 aromatic carbocycles. The zero-order valence-corrected chi connectivity index (χ0v) is 10.7. The van der Waals surface area contributed by atoms with Crippen molar-refractivity contribution in [2.24, 2.45) is 5.73 Å². The zero-order chi connectivity index (χ0) is 11.2. The van der Waals surface area contributed by atoms with Crippen molar-refractivity contribution >= 4 is 0 Å². The van der Waals surface area contributed by atoms with E-state index in [2.05, 4.69) is 4.90 Å². The topological polar surface area (TPSA) is 29.3 Å². The number of hydrogen-bond acceptors (Lipinski definition) is 2. The Bertz CT molecular complexity index is 185. The molecule has 2 N–H and O–H groups in total. The summed E-state index contributed by atoms with van der Waals surface area (Å²) in [5.74, 6) is 0. The number of piperidine rings is 1. The summed E-state index contributed by atoms with van der Waals surface area (Å²) in [5, 5.41) is 0. The van der Waals surface area contributed by atoms with Crippen molar-refractivity contribution in [2.75, 3.05) is 13.1 Å². The first-order valence-electron chi connectivity index (χ1n) is 7.37. The molecule has 94 valence electrons. The van der Waals surface area contributed by atoms with E-state index in [9.17, 15) is 0 Å². The summed E-state index contributed by atoms with van der Waals surface area (Å²) in [6.45, 7) is 2.18. The molecule has 1 heterocycles. The molecular weight excluding hydrogens is 196 g/mol. The lowest BCUT2D eigenvalue weighted by Crippen LogP contribution is -2.49. The van der Waals surface area contributed by atoms with Crippen LogP contribution in [0.2, 0.25) is 0 Å². The van der Waals surface area contributed by atoms with Crippen LogP contribution in [-0.2, 0) is 0 Å². The van der Waals surface area contributed by atoms with Gasteiger partial charge in [-0.15, -0.1) is 0 Å². The molecule has 1 unspecified atom stereocenters. The van der Waals surface area contributed by atoms with Crippen LogP contribution in [0.4, 0.5) is 0 Å². The van der Waals surface area contributed by atoms with Gasteiger partial charge in [0.05, 0.1) is 0 Å². The SMILES string of the molecule is NCC1CCCCN1C1CCCCCCC1. The minimum absolute atomic E-state index is 0.693. The number of likely N-dealkylation sites (tertiary alicyclic amines) is 1. The maximum absolute atomic E-state index is 5.93. The molecule has 2 nitrogen and oxygen atoms in total. The second kappa shape index (κ2) is 6.61. The van der Waals surface area contributed by atoms with Gasteiger partial charge < -0.3 is 5.73 Å². The van der Waals surface area contributed by atoms with E-state index in [0.717, 1.165) is 12.6 Å². The van der Waals surface area contributed by atoms with Gasteiger partial charge >= 0.3 is 0 Å².